The van der Waals surface area contributed by atoms with E-state index in [0.717, 1.165) is 61.1 Å². The molecule has 2 aromatic rings. The zero-order valence-electron chi connectivity index (χ0n) is 19.5. The van der Waals surface area contributed by atoms with Gasteiger partial charge < -0.3 is 14.5 Å². The number of benzene rings is 1. The van der Waals surface area contributed by atoms with E-state index in [9.17, 15) is 13.2 Å². The number of rotatable bonds is 6. The van der Waals surface area contributed by atoms with Crippen molar-refractivity contribution in [1.82, 2.24) is 9.88 Å². The molecule has 8 nitrogen and oxygen atoms in total. The van der Waals surface area contributed by atoms with E-state index in [2.05, 4.69) is 14.5 Å². The van der Waals surface area contributed by atoms with Gasteiger partial charge in [-0.25, -0.2) is 8.42 Å². The van der Waals surface area contributed by atoms with Crippen LogP contribution in [0.15, 0.2) is 24.3 Å². The van der Waals surface area contributed by atoms with Crippen molar-refractivity contribution in [3.05, 3.63) is 41.0 Å². The number of piperidine rings is 1. The van der Waals surface area contributed by atoms with Crippen LogP contribution in [0.3, 0.4) is 0 Å². The second kappa shape index (κ2) is 7.90. The highest BCUT2D eigenvalue weighted by atomic mass is 32.2. The molecular weight excluding hydrogens is 440 g/mol. The van der Waals surface area contributed by atoms with Crippen LogP contribution in [0.25, 0.3) is 0 Å². The molecule has 2 bridgehead atoms. The summed E-state index contributed by atoms with van der Waals surface area (Å²) in [6, 6.07) is 8.01. The molecule has 1 aromatic carbocycles. The number of sulfonamides is 1. The summed E-state index contributed by atoms with van der Waals surface area (Å²) in [4.78, 5) is 21.5. The van der Waals surface area contributed by atoms with Crippen molar-refractivity contribution in [3.63, 3.8) is 0 Å². The number of piperazine rings is 1. The number of aryl methyl sites for hydroxylation is 3. The largest absolute Gasteiger partial charge is 0.436 e. The number of carbonyl (C=O) groups excluding carboxylic acids is 1. The number of nitrogens with one attached hydrogen (secondary N) is 1. The standard InChI is InChI=1S/C24H30N4O4S/c1-14-9-15(2)22(16(3)10-14)32-23-20(26-33(4,30)31)7-8-21(25-23)27-12-18-11-19(13-27)28(18)24(29)17-5-6-17/h7-10,17-19,26H,5-6,11-13H2,1-4H3. The minimum absolute atomic E-state index is 0.220. The van der Waals surface area contributed by atoms with E-state index in [-0.39, 0.29) is 23.9 Å². The van der Waals surface area contributed by atoms with Crippen LogP contribution in [0.1, 0.15) is 36.0 Å². The first-order chi connectivity index (χ1) is 15.6. The summed E-state index contributed by atoms with van der Waals surface area (Å²) in [7, 11) is -3.51. The molecule has 4 fully saturated rings. The first-order valence-corrected chi connectivity index (χ1v) is 13.3. The first-order valence-electron chi connectivity index (χ1n) is 11.4. The normalized spacial score (nSPS) is 22.1. The fraction of sp³-hybridized carbons (Fsp3) is 0.500. The van der Waals surface area contributed by atoms with E-state index in [0.29, 0.717) is 17.3 Å². The summed E-state index contributed by atoms with van der Waals surface area (Å²) in [6.07, 6.45) is 4.19. The molecule has 1 saturated carbocycles. The lowest BCUT2D eigenvalue weighted by Gasteiger charge is -2.56. The SMILES string of the molecule is Cc1cc(C)c(Oc2nc(N3CC4CC(C3)N4C(=O)C3CC3)ccc2NS(C)(=O)=O)c(C)c1. The lowest BCUT2D eigenvalue weighted by molar-refractivity contribution is -0.147. The van der Waals surface area contributed by atoms with Crippen molar-refractivity contribution >= 4 is 27.4 Å². The molecule has 1 amide bonds. The smallest absolute Gasteiger partial charge is 0.245 e. The summed E-state index contributed by atoms with van der Waals surface area (Å²) < 4.78 is 32.6. The molecule has 1 aromatic heterocycles. The topological polar surface area (TPSA) is 91.8 Å². The third kappa shape index (κ3) is 4.38. The number of nitrogens with zero attached hydrogens (tertiary/aromatic N) is 3. The van der Waals surface area contributed by atoms with Gasteiger partial charge in [-0.2, -0.15) is 4.98 Å². The van der Waals surface area contributed by atoms with Crippen molar-refractivity contribution in [2.75, 3.05) is 29.0 Å². The number of hydrogen-bond donors (Lipinski definition) is 1. The Balaban J connectivity index is 1.42. The lowest BCUT2D eigenvalue weighted by atomic mass is 9.86. The predicted octanol–water partition coefficient (Wildman–Crippen LogP) is 3.37. The molecule has 4 aliphatic rings. The Kier molecular flexibility index (Phi) is 5.27. The van der Waals surface area contributed by atoms with Crippen LogP contribution in [0.5, 0.6) is 11.6 Å². The molecule has 6 rings (SSSR count). The first kappa shape index (κ1) is 22.0. The number of anilines is 2. The molecule has 1 N–H and O–H groups in total. The van der Waals surface area contributed by atoms with Crippen molar-refractivity contribution < 1.29 is 17.9 Å². The lowest BCUT2D eigenvalue weighted by Crippen LogP contribution is -2.70. The summed E-state index contributed by atoms with van der Waals surface area (Å²) in [5.41, 5.74) is 3.34. The zero-order valence-corrected chi connectivity index (χ0v) is 20.3. The highest BCUT2D eigenvalue weighted by Crippen LogP contribution is 2.41. The molecule has 4 heterocycles. The number of amides is 1. The molecule has 0 radical (unpaired) electrons. The van der Waals surface area contributed by atoms with Gasteiger partial charge in [0, 0.05) is 19.0 Å². The summed E-state index contributed by atoms with van der Waals surface area (Å²) in [5.74, 6) is 2.16. The average molecular weight is 471 g/mol. The van der Waals surface area contributed by atoms with Gasteiger partial charge in [0.25, 0.3) is 0 Å². The van der Waals surface area contributed by atoms with Crippen LogP contribution < -0.4 is 14.4 Å². The Morgan fingerprint density at radius 1 is 1.09 bits per heavy atom. The van der Waals surface area contributed by atoms with Crippen LogP contribution in [0.2, 0.25) is 0 Å². The molecule has 1 aliphatic carbocycles. The maximum Gasteiger partial charge on any atom is 0.245 e. The monoisotopic (exact) mass is 470 g/mol. The Bertz CT molecular complexity index is 1190. The van der Waals surface area contributed by atoms with Crippen LogP contribution >= 0.6 is 0 Å². The van der Waals surface area contributed by atoms with Gasteiger partial charge in [0.15, 0.2) is 0 Å². The number of fused-ring (bicyclic) bond motifs is 2. The van der Waals surface area contributed by atoms with Crippen molar-refractivity contribution in [1.29, 1.82) is 0 Å². The highest BCUT2D eigenvalue weighted by molar-refractivity contribution is 7.92. The van der Waals surface area contributed by atoms with Gasteiger partial charge in [-0.15, -0.1) is 0 Å². The molecule has 2 atom stereocenters. The van der Waals surface area contributed by atoms with Gasteiger partial charge in [-0.3, -0.25) is 9.52 Å². The summed E-state index contributed by atoms with van der Waals surface area (Å²) >= 11 is 0. The number of aromatic nitrogens is 1. The number of carbonyl (C=O) groups is 1. The van der Waals surface area contributed by atoms with E-state index in [1.54, 1.807) is 6.07 Å². The van der Waals surface area contributed by atoms with Crippen molar-refractivity contribution in [2.24, 2.45) is 5.92 Å². The molecule has 0 spiro atoms. The van der Waals surface area contributed by atoms with E-state index in [4.69, 9.17) is 9.72 Å². The molecule has 176 valence electrons. The minimum atomic E-state index is -3.51. The Labute approximate surface area is 195 Å². The van der Waals surface area contributed by atoms with E-state index >= 15 is 0 Å². The van der Waals surface area contributed by atoms with E-state index in [1.165, 1.54) is 0 Å². The average Bonchev–Trinajstić information content (AvgIpc) is 3.56. The molecule has 9 heteroatoms. The van der Waals surface area contributed by atoms with Crippen molar-refractivity contribution in [2.45, 2.75) is 52.1 Å². The van der Waals surface area contributed by atoms with Gasteiger partial charge in [0.1, 0.15) is 17.3 Å². The van der Waals surface area contributed by atoms with Crippen LogP contribution in [0, 0.1) is 26.7 Å². The Hall–Kier alpha value is -2.81. The second-order valence-electron chi connectivity index (χ2n) is 9.69. The number of hydrogen-bond acceptors (Lipinski definition) is 6. The molecular formula is C24H30N4O4S. The van der Waals surface area contributed by atoms with Crippen LogP contribution in [-0.2, 0) is 14.8 Å². The quantitative estimate of drug-likeness (QED) is 0.696. The Morgan fingerprint density at radius 2 is 1.73 bits per heavy atom. The van der Waals surface area contributed by atoms with Crippen LogP contribution in [-0.4, -0.2) is 55.6 Å². The summed E-state index contributed by atoms with van der Waals surface area (Å²) in [5, 5.41) is 0. The van der Waals surface area contributed by atoms with Crippen LogP contribution in [0.4, 0.5) is 11.5 Å². The maximum absolute atomic E-state index is 12.6. The minimum Gasteiger partial charge on any atom is -0.436 e. The zero-order chi connectivity index (χ0) is 23.5. The molecule has 33 heavy (non-hydrogen) atoms. The Morgan fingerprint density at radius 3 is 2.30 bits per heavy atom. The number of ether oxygens (including phenoxy) is 1. The molecule has 3 aliphatic heterocycles. The summed E-state index contributed by atoms with van der Waals surface area (Å²) in [6.45, 7) is 7.41. The van der Waals surface area contributed by atoms with Gasteiger partial charge >= 0.3 is 0 Å². The number of pyridine rings is 1. The van der Waals surface area contributed by atoms with Crippen molar-refractivity contribution in [3.8, 4) is 11.6 Å². The van der Waals surface area contributed by atoms with Gasteiger partial charge in [-0.1, -0.05) is 17.7 Å². The maximum atomic E-state index is 12.6. The third-order valence-corrected chi connectivity index (χ3v) is 7.23. The second-order valence-corrected chi connectivity index (χ2v) is 11.4. The fourth-order valence-corrected chi connectivity index (χ4v) is 5.64. The van der Waals surface area contributed by atoms with E-state index < -0.39 is 10.0 Å². The van der Waals surface area contributed by atoms with Gasteiger partial charge in [0.05, 0.1) is 18.3 Å². The van der Waals surface area contributed by atoms with E-state index in [1.807, 2.05) is 39.0 Å². The highest BCUT2D eigenvalue weighted by Gasteiger charge is 2.50. The fourth-order valence-electron chi connectivity index (χ4n) is 5.08. The predicted molar refractivity (Wildman–Crippen MR) is 127 cm³/mol. The molecule has 2 unspecified atom stereocenters. The van der Waals surface area contributed by atoms with Gasteiger partial charge in [0.2, 0.25) is 21.8 Å². The molecule has 3 saturated heterocycles. The third-order valence-electron chi connectivity index (χ3n) is 6.64. The van der Waals surface area contributed by atoms with Gasteiger partial charge in [-0.05, 0) is 63.3 Å².